The molecule has 2 aliphatic rings. The molecule has 1 fully saturated rings. The average molecular weight is 388 g/mol. The van der Waals surface area contributed by atoms with Gasteiger partial charge in [-0.1, -0.05) is 0 Å². The Morgan fingerprint density at radius 2 is 2.11 bits per heavy atom. The highest BCUT2D eigenvalue weighted by molar-refractivity contribution is 7.14. The Morgan fingerprint density at radius 1 is 1.33 bits per heavy atom. The van der Waals surface area contributed by atoms with Gasteiger partial charge in [0.25, 0.3) is 5.91 Å². The van der Waals surface area contributed by atoms with Gasteiger partial charge in [0.1, 0.15) is 5.60 Å². The number of fused-ring (bicyclic) bond motifs is 2. The fourth-order valence-corrected chi connectivity index (χ4v) is 5.31. The Labute approximate surface area is 163 Å². The Balaban J connectivity index is 1.46. The van der Waals surface area contributed by atoms with Crippen LogP contribution in [0.5, 0.6) is 0 Å². The molecule has 1 amide bonds. The van der Waals surface area contributed by atoms with Crippen molar-refractivity contribution >= 4 is 17.2 Å². The maximum Gasteiger partial charge on any atom is 0.261 e. The third kappa shape index (κ3) is 3.91. The molecular weight excluding hydrogens is 362 g/mol. The van der Waals surface area contributed by atoms with E-state index in [0.29, 0.717) is 6.61 Å². The molecule has 2 aromatic rings. The molecule has 2 aliphatic heterocycles. The van der Waals surface area contributed by atoms with Gasteiger partial charge in [-0.15, -0.1) is 11.3 Å². The van der Waals surface area contributed by atoms with Gasteiger partial charge in [0, 0.05) is 43.4 Å². The first-order chi connectivity index (χ1) is 13.2. The maximum atomic E-state index is 12.3. The summed E-state index contributed by atoms with van der Waals surface area (Å²) in [5.74, 6) is -0.103. The molecular formula is C20H25N3O3S. The number of carbonyl (C=O) groups excluding carboxylic acids is 1. The quantitative estimate of drug-likeness (QED) is 0.820. The van der Waals surface area contributed by atoms with Crippen molar-refractivity contribution in [2.45, 2.75) is 31.4 Å². The minimum atomic E-state index is -0.248. The van der Waals surface area contributed by atoms with Gasteiger partial charge in [0.2, 0.25) is 0 Å². The molecule has 144 valence electrons. The standard InChI is InChI=1S/C20H25N3O3S/c24-11-8-22-19(25)17-13-16-3-12-26-20(18(16)27-17)4-9-23(10-5-20)14-15-1-6-21-7-2-15/h1-2,6-7,13,24H,3-5,8-12,14H2,(H,22,25). The van der Waals surface area contributed by atoms with Crippen LogP contribution >= 0.6 is 11.3 Å². The van der Waals surface area contributed by atoms with Crippen molar-refractivity contribution in [1.82, 2.24) is 15.2 Å². The fourth-order valence-electron chi connectivity index (χ4n) is 3.98. The first-order valence-electron chi connectivity index (χ1n) is 9.48. The lowest BCUT2D eigenvalue weighted by atomic mass is 9.85. The normalized spacial score (nSPS) is 19.0. The number of ether oxygens (including phenoxy) is 1. The number of thiophene rings is 1. The van der Waals surface area contributed by atoms with E-state index in [1.807, 2.05) is 18.5 Å². The monoisotopic (exact) mass is 387 g/mol. The van der Waals surface area contributed by atoms with Crippen LogP contribution in [0.1, 0.15) is 38.5 Å². The molecule has 27 heavy (non-hydrogen) atoms. The predicted octanol–water partition coefficient (Wildman–Crippen LogP) is 1.93. The van der Waals surface area contributed by atoms with Gasteiger partial charge in [0.15, 0.2) is 0 Å². The van der Waals surface area contributed by atoms with Crippen molar-refractivity contribution in [3.63, 3.8) is 0 Å². The van der Waals surface area contributed by atoms with Crippen LogP contribution in [0.15, 0.2) is 30.6 Å². The number of nitrogens with zero attached hydrogens (tertiary/aromatic N) is 2. The van der Waals surface area contributed by atoms with Gasteiger partial charge < -0.3 is 15.2 Å². The van der Waals surface area contributed by atoms with Crippen LogP contribution in [-0.4, -0.2) is 53.7 Å². The predicted molar refractivity (Wildman–Crippen MR) is 104 cm³/mol. The minimum absolute atomic E-state index is 0.0445. The molecule has 2 aromatic heterocycles. The van der Waals surface area contributed by atoms with E-state index in [0.717, 1.165) is 43.8 Å². The minimum Gasteiger partial charge on any atom is -0.395 e. The van der Waals surface area contributed by atoms with Crippen LogP contribution < -0.4 is 5.32 Å². The summed E-state index contributed by atoms with van der Waals surface area (Å²) in [7, 11) is 0. The van der Waals surface area contributed by atoms with Crippen molar-refractivity contribution in [3.8, 4) is 0 Å². The van der Waals surface area contributed by atoms with E-state index in [1.165, 1.54) is 16.0 Å². The van der Waals surface area contributed by atoms with Crippen molar-refractivity contribution in [1.29, 1.82) is 0 Å². The molecule has 4 rings (SSSR count). The maximum absolute atomic E-state index is 12.3. The first-order valence-corrected chi connectivity index (χ1v) is 10.3. The summed E-state index contributed by atoms with van der Waals surface area (Å²) in [6, 6.07) is 6.15. The molecule has 0 aliphatic carbocycles. The molecule has 0 radical (unpaired) electrons. The third-order valence-corrected chi connectivity index (χ3v) is 6.77. The van der Waals surface area contributed by atoms with Crippen molar-refractivity contribution in [2.75, 3.05) is 32.8 Å². The Morgan fingerprint density at radius 3 is 2.85 bits per heavy atom. The summed E-state index contributed by atoms with van der Waals surface area (Å²) in [5, 5.41) is 11.7. The number of rotatable bonds is 5. The van der Waals surface area contributed by atoms with Crippen LogP contribution in [0.2, 0.25) is 0 Å². The average Bonchev–Trinajstić information content (AvgIpc) is 3.15. The zero-order valence-electron chi connectivity index (χ0n) is 15.3. The van der Waals surface area contributed by atoms with Gasteiger partial charge in [-0.2, -0.15) is 0 Å². The number of aromatic nitrogens is 1. The van der Waals surface area contributed by atoms with E-state index < -0.39 is 0 Å². The third-order valence-electron chi connectivity index (χ3n) is 5.41. The van der Waals surface area contributed by atoms with E-state index in [-0.39, 0.29) is 24.7 Å². The van der Waals surface area contributed by atoms with E-state index in [2.05, 4.69) is 27.3 Å². The molecule has 0 unspecified atom stereocenters. The molecule has 4 heterocycles. The molecule has 6 nitrogen and oxygen atoms in total. The number of hydrogen-bond acceptors (Lipinski definition) is 6. The number of carbonyl (C=O) groups is 1. The molecule has 0 bridgehead atoms. The smallest absolute Gasteiger partial charge is 0.261 e. The molecule has 2 N–H and O–H groups in total. The van der Waals surface area contributed by atoms with Crippen molar-refractivity contribution in [2.24, 2.45) is 0 Å². The van der Waals surface area contributed by atoms with Crippen molar-refractivity contribution < 1.29 is 14.6 Å². The second kappa shape index (κ2) is 8.06. The van der Waals surface area contributed by atoms with E-state index in [4.69, 9.17) is 9.84 Å². The second-order valence-electron chi connectivity index (χ2n) is 7.17. The zero-order valence-corrected chi connectivity index (χ0v) is 16.1. The molecule has 0 saturated carbocycles. The Hall–Kier alpha value is -1.80. The van der Waals surface area contributed by atoms with Gasteiger partial charge in [-0.3, -0.25) is 14.7 Å². The number of amides is 1. The molecule has 7 heteroatoms. The Bertz CT molecular complexity index is 785. The first kappa shape index (κ1) is 18.6. The van der Waals surface area contributed by atoms with Crippen LogP contribution in [0.25, 0.3) is 0 Å². The lowest BCUT2D eigenvalue weighted by Gasteiger charge is -2.43. The second-order valence-corrected chi connectivity index (χ2v) is 8.22. The summed E-state index contributed by atoms with van der Waals surface area (Å²) in [6.45, 7) is 3.85. The highest BCUT2D eigenvalue weighted by Crippen LogP contribution is 2.45. The summed E-state index contributed by atoms with van der Waals surface area (Å²) >= 11 is 1.56. The number of aliphatic hydroxyl groups is 1. The number of likely N-dealkylation sites (tertiary alicyclic amines) is 1. The molecule has 1 spiro atoms. The number of piperidine rings is 1. The van der Waals surface area contributed by atoms with Crippen LogP contribution in [-0.2, 0) is 23.3 Å². The fraction of sp³-hybridized carbons (Fsp3) is 0.500. The summed E-state index contributed by atoms with van der Waals surface area (Å²) in [4.78, 5) is 20.8. The largest absolute Gasteiger partial charge is 0.395 e. The lowest BCUT2D eigenvalue weighted by molar-refractivity contribution is -0.0960. The topological polar surface area (TPSA) is 74.7 Å². The van der Waals surface area contributed by atoms with Crippen LogP contribution in [0.3, 0.4) is 0 Å². The summed E-state index contributed by atoms with van der Waals surface area (Å²) in [5.41, 5.74) is 2.29. The summed E-state index contributed by atoms with van der Waals surface area (Å²) in [6.07, 6.45) is 6.44. The molecule has 0 atom stereocenters. The molecule has 1 saturated heterocycles. The zero-order chi connectivity index (χ0) is 18.7. The van der Waals surface area contributed by atoms with E-state index >= 15 is 0 Å². The van der Waals surface area contributed by atoms with Crippen LogP contribution in [0, 0.1) is 0 Å². The SMILES string of the molecule is O=C(NCCO)c1cc2c(s1)C1(CCN(Cc3ccncc3)CC1)OCC2. The number of pyridine rings is 1. The number of aliphatic hydroxyl groups excluding tert-OH is 1. The van der Waals surface area contributed by atoms with E-state index in [9.17, 15) is 4.79 Å². The van der Waals surface area contributed by atoms with Gasteiger partial charge >= 0.3 is 0 Å². The van der Waals surface area contributed by atoms with Gasteiger partial charge in [-0.05, 0) is 48.6 Å². The van der Waals surface area contributed by atoms with Gasteiger partial charge in [-0.25, -0.2) is 0 Å². The van der Waals surface area contributed by atoms with Crippen LogP contribution in [0.4, 0.5) is 0 Å². The van der Waals surface area contributed by atoms with Gasteiger partial charge in [0.05, 0.1) is 18.1 Å². The van der Waals surface area contributed by atoms with E-state index in [1.54, 1.807) is 11.3 Å². The number of nitrogens with one attached hydrogen (secondary N) is 1. The molecule has 0 aromatic carbocycles. The highest BCUT2D eigenvalue weighted by Gasteiger charge is 2.42. The van der Waals surface area contributed by atoms with Crippen molar-refractivity contribution in [3.05, 3.63) is 51.5 Å². The summed E-state index contributed by atoms with van der Waals surface area (Å²) < 4.78 is 6.31. The lowest BCUT2D eigenvalue weighted by Crippen LogP contribution is -2.45. The number of hydrogen-bond donors (Lipinski definition) is 2. The highest BCUT2D eigenvalue weighted by atomic mass is 32.1. The Kier molecular flexibility index (Phi) is 5.54.